The van der Waals surface area contributed by atoms with Gasteiger partial charge in [-0.05, 0) is 24.3 Å². The number of carbonyl (C=O) groups is 1. The standard InChI is InChI=1S/C19H21N3O3.BrH/c1-25-15-7-4-6-14(12-15)18(24)13-22-17-9-3-2-8-16(17)21-19(22)20-10-5-11-23;/h2-4,6-9,12,23H,5,10-11,13H2,1H3,(H,20,21);1H. The van der Waals surface area contributed by atoms with Gasteiger partial charge in [-0.3, -0.25) is 10.1 Å². The van der Waals surface area contributed by atoms with E-state index >= 15 is 0 Å². The summed E-state index contributed by atoms with van der Waals surface area (Å²) in [4.78, 5) is 16.0. The SMILES string of the molecule is COc1cccc(C(=O)C[n+]2c(NCCCO)[nH]c3ccccc32)c1.[Br-]. The number of anilines is 1. The normalized spacial score (nSPS) is 10.4. The fourth-order valence-electron chi connectivity index (χ4n) is 2.75. The summed E-state index contributed by atoms with van der Waals surface area (Å²) < 4.78 is 7.12. The van der Waals surface area contributed by atoms with E-state index in [2.05, 4.69) is 10.3 Å². The van der Waals surface area contributed by atoms with Crippen LogP contribution in [0.5, 0.6) is 5.75 Å². The third kappa shape index (κ3) is 4.42. The zero-order chi connectivity index (χ0) is 17.6. The summed E-state index contributed by atoms with van der Waals surface area (Å²) in [5.74, 6) is 1.42. The number of aromatic amines is 1. The number of aromatic nitrogens is 2. The third-order valence-corrected chi connectivity index (χ3v) is 4.04. The molecule has 6 nitrogen and oxygen atoms in total. The highest BCUT2D eigenvalue weighted by molar-refractivity contribution is 5.95. The minimum Gasteiger partial charge on any atom is -1.00 e. The fraction of sp³-hybridized carbons (Fsp3) is 0.263. The van der Waals surface area contributed by atoms with E-state index in [0.29, 0.717) is 24.3 Å². The molecular formula is C19H22BrN3O3. The molecule has 0 saturated heterocycles. The Morgan fingerprint density at radius 3 is 2.81 bits per heavy atom. The van der Waals surface area contributed by atoms with Gasteiger partial charge in [0.05, 0.1) is 13.7 Å². The Labute approximate surface area is 162 Å². The van der Waals surface area contributed by atoms with Gasteiger partial charge in [-0.1, -0.05) is 24.3 Å². The Morgan fingerprint density at radius 2 is 2.04 bits per heavy atom. The first-order valence-electron chi connectivity index (χ1n) is 8.25. The highest BCUT2D eigenvalue weighted by Crippen LogP contribution is 2.15. The number of halogens is 1. The molecule has 0 fully saturated rings. The van der Waals surface area contributed by atoms with Crippen LogP contribution in [0.25, 0.3) is 11.0 Å². The zero-order valence-corrected chi connectivity index (χ0v) is 16.1. The number of aliphatic hydroxyl groups is 1. The number of ether oxygens (including phenoxy) is 1. The topological polar surface area (TPSA) is 78.2 Å². The van der Waals surface area contributed by atoms with Crippen molar-refractivity contribution in [2.75, 3.05) is 25.6 Å². The monoisotopic (exact) mass is 419 g/mol. The van der Waals surface area contributed by atoms with Gasteiger partial charge in [0.2, 0.25) is 0 Å². The van der Waals surface area contributed by atoms with Crippen LogP contribution in [0.4, 0.5) is 5.95 Å². The van der Waals surface area contributed by atoms with Crippen molar-refractivity contribution in [3.05, 3.63) is 54.1 Å². The molecule has 26 heavy (non-hydrogen) atoms. The Bertz CT molecular complexity index is 879. The molecule has 0 spiro atoms. The Kier molecular flexibility index (Phi) is 7.17. The van der Waals surface area contributed by atoms with Gasteiger partial charge in [-0.25, -0.2) is 9.55 Å². The molecule has 0 radical (unpaired) electrons. The number of nitrogens with zero attached hydrogens (tertiary/aromatic N) is 1. The summed E-state index contributed by atoms with van der Waals surface area (Å²) >= 11 is 0. The first-order chi connectivity index (χ1) is 12.2. The molecule has 3 rings (SSSR count). The number of para-hydroxylation sites is 2. The lowest BCUT2D eigenvalue weighted by Crippen LogP contribution is -3.00. The minimum absolute atomic E-state index is 0. The predicted octanol–water partition coefficient (Wildman–Crippen LogP) is -0.855. The van der Waals surface area contributed by atoms with Gasteiger partial charge < -0.3 is 26.8 Å². The van der Waals surface area contributed by atoms with Crippen molar-refractivity contribution in [1.82, 2.24) is 4.98 Å². The molecule has 3 aromatic rings. The first-order valence-corrected chi connectivity index (χ1v) is 8.25. The molecule has 0 aliphatic heterocycles. The number of fused-ring (bicyclic) bond motifs is 1. The summed E-state index contributed by atoms with van der Waals surface area (Å²) in [5, 5.41) is 12.2. The summed E-state index contributed by atoms with van der Waals surface area (Å²) in [6.45, 7) is 0.950. The van der Waals surface area contributed by atoms with Gasteiger partial charge in [0.1, 0.15) is 23.3 Å². The van der Waals surface area contributed by atoms with E-state index in [-0.39, 0.29) is 35.9 Å². The molecule has 0 amide bonds. The van der Waals surface area contributed by atoms with Crippen molar-refractivity contribution in [1.29, 1.82) is 0 Å². The number of benzene rings is 2. The van der Waals surface area contributed by atoms with E-state index in [1.807, 2.05) is 41.0 Å². The van der Waals surface area contributed by atoms with Crippen LogP contribution < -0.4 is 31.6 Å². The van der Waals surface area contributed by atoms with Gasteiger partial charge in [-0.15, -0.1) is 0 Å². The Morgan fingerprint density at radius 1 is 1.23 bits per heavy atom. The third-order valence-electron chi connectivity index (χ3n) is 4.04. The summed E-state index contributed by atoms with van der Waals surface area (Å²) in [7, 11) is 1.58. The van der Waals surface area contributed by atoms with E-state index in [1.165, 1.54) is 0 Å². The maximum atomic E-state index is 12.7. The lowest BCUT2D eigenvalue weighted by molar-refractivity contribution is -0.642. The number of imidazole rings is 1. The summed E-state index contributed by atoms with van der Waals surface area (Å²) in [5.41, 5.74) is 2.51. The molecule has 0 aliphatic rings. The molecule has 0 bridgehead atoms. The zero-order valence-electron chi connectivity index (χ0n) is 14.5. The van der Waals surface area contributed by atoms with Crippen LogP contribution in [-0.2, 0) is 6.54 Å². The maximum absolute atomic E-state index is 12.7. The highest BCUT2D eigenvalue weighted by atomic mass is 79.9. The van der Waals surface area contributed by atoms with Crippen molar-refractivity contribution < 1.29 is 36.2 Å². The number of rotatable bonds is 8. The highest BCUT2D eigenvalue weighted by Gasteiger charge is 2.20. The van der Waals surface area contributed by atoms with Crippen LogP contribution in [-0.4, -0.2) is 36.1 Å². The summed E-state index contributed by atoms with van der Waals surface area (Å²) in [6.07, 6.45) is 0.638. The molecule has 1 aromatic heterocycles. The smallest absolute Gasteiger partial charge is 0.356 e. The number of methoxy groups -OCH3 is 1. The van der Waals surface area contributed by atoms with Crippen LogP contribution in [0.3, 0.4) is 0 Å². The van der Waals surface area contributed by atoms with Crippen LogP contribution in [0.1, 0.15) is 16.8 Å². The van der Waals surface area contributed by atoms with Crippen LogP contribution in [0.2, 0.25) is 0 Å². The molecule has 0 aliphatic carbocycles. The number of nitrogens with one attached hydrogen (secondary N) is 2. The van der Waals surface area contributed by atoms with Gasteiger partial charge >= 0.3 is 5.95 Å². The average molecular weight is 420 g/mol. The number of carbonyl (C=O) groups excluding carboxylic acids is 1. The quantitative estimate of drug-likeness (QED) is 0.252. The first kappa shape index (κ1) is 19.9. The second kappa shape index (κ2) is 9.35. The van der Waals surface area contributed by atoms with E-state index in [1.54, 1.807) is 19.2 Å². The van der Waals surface area contributed by atoms with Crippen LogP contribution in [0.15, 0.2) is 48.5 Å². The number of aliphatic hydroxyl groups excluding tert-OH is 1. The van der Waals surface area contributed by atoms with Crippen molar-refractivity contribution in [3.63, 3.8) is 0 Å². The van der Waals surface area contributed by atoms with E-state index in [0.717, 1.165) is 17.0 Å². The number of ketones is 1. The summed E-state index contributed by atoms with van der Waals surface area (Å²) in [6, 6.07) is 15.0. The van der Waals surface area contributed by atoms with Gasteiger partial charge in [0.25, 0.3) is 0 Å². The largest absolute Gasteiger partial charge is 1.00 e. The second-order valence-electron chi connectivity index (χ2n) is 5.74. The number of Topliss-reactive ketones (excluding diaryl/α,β-unsaturated/α-hetero) is 1. The van der Waals surface area contributed by atoms with E-state index < -0.39 is 0 Å². The lowest BCUT2D eigenvalue weighted by atomic mass is 10.1. The van der Waals surface area contributed by atoms with Crippen molar-refractivity contribution in [2.45, 2.75) is 13.0 Å². The molecule has 0 unspecified atom stereocenters. The number of hydrogen-bond acceptors (Lipinski definition) is 4. The van der Waals surface area contributed by atoms with Crippen molar-refractivity contribution in [3.8, 4) is 5.75 Å². The molecular weight excluding hydrogens is 398 g/mol. The number of hydrogen-bond donors (Lipinski definition) is 3. The van der Waals surface area contributed by atoms with Crippen LogP contribution >= 0.6 is 0 Å². The minimum atomic E-state index is -0.00105. The van der Waals surface area contributed by atoms with Crippen LogP contribution in [0, 0.1) is 0 Å². The molecule has 0 saturated carbocycles. The molecule has 3 N–H and O–H groups in total. The molecule has 1 heterocycles. The van der Waals surface area contributed by atoms with Crippen molar-refractivity contribution >= 4 is 22.8 Å². The van der Waals surface area contributed by atoms with Gasteiger partial charge in [0, 0.05) is 18.6 Å². The molecule has 0 atom stereocenters. The predicted molar refractivity (Wildman–Crippen MR) is 96.0 cm³/mol. The molecule has 138 valence electrons. The Balaban J connectivity index is 0.00000243. The average Bonchev–Trinajstić information content (AvgIpc) is 2.99. The Hall–Kier alpha value is -2.38. The van der Waals surface area contributed by atoms with E-state index in [9.17, 15) is 4.79 Å². The molecule has 2 aromatic carbocycles. The van der Waals surface area contributed by atoms with Gasteiger partial charge in [0.15, 0.2) is 5.78 Å². The van der Waals surface area contributed by atoms with Gasteiger partial charge in [-0.2, -0.15) is 0 Å². The van der Waals surface area contributed by atoms with Crippen molar-refractivity contribution in [2.24, 2.45) is 0 Å². The second-order valence-corrected chi connectivity index (χ2v) is 5.74. The van der Waals surface area contributed by atoms with E-state index in [4.69, 9.17) is 9.84 Å². The fourth-order valence-corrected chi connectivity index (χ4v) is 2.75. The lowest BCUT2D eigenvalue weighted by Gasteiger charge is -2.05. The molecule has 7 heteroatoms. The number of H-pyrrole nitrogens is 1. The maximum Gasteiger partial charge on any atom is 0.356 e.